The van der Waals surface area contributed by atoms with Gasteiger partial charge in [0.2, 0.25) is 0 Å². The first kappa shape index (κ1) is 29.5. The van der Waals surface area contributed by atoms with Crippen molar-refractivity contribution in [3.63, 3.8) is 0 Å². The number of hydrogen-bond donors (Lipinski definition) is 1. The molecule has 12 heteroatoms. The van der Waals surface area contributed by atoms with Crippen molar-refractivity contribution in [1.82, 2.24) is 14.5 Å². The van der Waals surface area contributed by atoms with Crippen molar-refractivity contribution in [1.29, 1.82) is 0 Å². The second-order valence-electron chi connectivity index (χ2n) is 10.1. The van der Waals surface area contributed by atoms with Gasteiger partial charge in [-0.25, -0.2) is 14.2 Å². The van der Waals surface area contributed by atoms with Crippen molar-refractivity contribution in [2.75, 3.05) is 20.2 Å². The van der Waals surface area contributed by atoms with Crippen LogP contribution < -0.4 is 14.2 Å². The molecule has 0 aliphatic carbocycles. The fraction of sp³-hybridized carbons (Fsp3) is 0.333. The maximum absolute atomic E-state index is 14.2. The van der Waals surface area contributed by atoms with Crippen LogP contribution in [0.15, 0.2) is 48.5 Å². The van der Waals surface area contributed by atoms with E-state index in [1.165, 1.54) is 12.1 Å². The smallest absolute Gasteiger partial charge is 0.387 e. The van der Waals surface area contributed by atoms with Crippen LogP contribution in [-0.4, -0.2) is 52.3 Å². The summed E-state index contributed by atoms with van der Waals surface area (Å²) in [7, 11) is 3.28. The summed E-state index contributed by atoms with van der Waals surface area (Å²) in [6, 6.07) is 12.7. The molecule has 1 aliphatic rings. The van der Waals surface area contributed by atoms with E-state index in [4.69, 9.17) is 21.1 Å². The third-order valence-electron chi connectivity index (χ3n) is 7.52. The van der Waals surface area contributed by atoms with Crippen molar-refractivity contribution in [2.24, 2.45) is 7.05 Å². The third kappa shape index (κ3) is 6.42. The lowest BCUT2D eigenvalue weighted by Gasteiger charge is -2.32. The number of piperidine rings is 1. The van der Waals surface area contributed by atoms with Crippen molar-refractivity contribution < 1.29 is 37.3 Å². The quantitative estimate of drug-likeness (QED) is 0.218. The Labute approximate surface area is 245 Å². The van der Waals surface area contributed by atoms with E-state index in [9.17, 15) is 23.1 Å². The number of carboxylic acid groups (broad SMARTS) is 1. The average Bonchev–Trinajstić information content (AvgIpc) is 3.27. The van der Waals surface area contributed by atoms with E-state index in [1.54, 1.807) is 30.9 Å². The SMILES string of the molecule is COc1ccc(C2CCN(Cc3nc4c(OC(F)F)cc(C(=O)O)cc4n3C)CC2)cc1OCc1ccc(Cl)cc1F. The van der Waals surface area contributed by atoms with Crippen molar-refractivity contribution in [3.05, 3.63) is 81.9 Å². The summed E-state index contributed by atoms with van der Waals surface area (Å²) >= 11 is 5.85. The molecule has 42 heavy (non-hydrogen) atoms. The molecule has 0 atom stereocenters. The number of ether oxygens (including phenoxy) is 3. The summed E-state index contributed by atoms with van der Waals surface area (Å²) < 4.78 is 58.0. The molecule has 0 radical (unpaired) electrons. The van der Waals surface area contributed by atoms with Crippen LogP contribution in [0.5, 0.6) is 17.2 Å². The molecule has 4 aromatic rings. The highest BCUT2D eigenvalue weighted by Gasteiger charge is 2.25. The summed E-state index contributed by atoms with van der Waals surface area (Å²) in [5.41, 5.74) is 1.90. The zero-order valence-electron chi connectivity index (χ0n) is 22.9. The number of aryl methyl sites for hydroxylation is 1. The Morgan fingerprint density at radius 2 is 1.86 bits per heavy atom. The highest BCUT2D eigenvalue weighted by molar-refractivity contribution is 6.30. The van der Waals surface area contributed by atoms with Gasteiger partial charge in [-0.2, -0.15) is 8.78 Å². The molecule has 0 saturated carbocycles. The van der Waals surface area contributed by atoms with Crippen molar-refractivity contribution in [3.8, 4) is 17.2 Å². The normalized spacial score (nSPS) is 14.5. The number of alkyl halides is 2. The highest BCUT2D eigenvalue weighted by atomic mass is 35.5. The molecular weight excluding hydrogens is 575 g/mol. The van der Waals surface area contributed by atoms with Gasteiger partial charge in [-0.05, 0) is 73.8 Å². The molecule has 0 amide bonds. The number of methoxy groups -OCH3 is 1. The van der Waals surface area contributed by atoms with Gasteiger partial charge < -0.3 is 23.9 Å². The zero-order valence-corrected chi connectivity index (χ0v) is 23.7. The number of benzene rings is 3. The number of rotatable bonds is 10. The number of hydrogen-bond acceptors (Lipinski definition) is 6. The molecule has 1 N–H and O–H groups in total. The van der Waals surface area contributed by atoms with E-state index < -0.39 is 18.4 Å². The van der Waals surface area contributed by atoms with Gasteiger partial charge in [0.1, 0.15) is 23.8 Å². The molecule has 0 spiro atoms. The van der Waals surface area contributed by atoms with Crippen molar-refractivity contribution in [2.45, 2.75) is 38.5 Å². The molecule has 0 bridgehead atoms. The largest absolute Gasteiger partial charge is 0.493 e. The molecule has 0 unspecified atom stereocenters. The molecule has 1 aromatic heterocycles. The summed E-state index contributed by atoms with van der Waals surface area (Å²) in [4.78, 5) is 18.3. The fourth-order valence-electron chi connectivity index (χ4n) is 5.23. The van der Waals surface area contributed by atoms with Crippen LogP contribution in [0.25, 0.3) is 11.0 Å². The van der Waals surface area contributed by atoms with Gasteiger partial charge in [-0.1, -0.05) is 23.7 Å². The number of carboxylic acids is 1. The highest BCUT2D eigenvalue weighted by Crippen LogP contribution is 2.36. The molecule has 2 heterocycles. The Kier molecular flexibility index (Phi) is 8.79. The standard InChI is InChI=1S/C30H29ClF3N3O5/c1-36-23-11-20(29(38)39)13-26(42-30(33)34)28(23)35-27(36)15-37-9-7-17(8-10-37)18-4-6-24(40-2)25(12-18)41-16-19-3-5-21(31)14-22(19)32/h3-6,11-14,17,30H,7-10,15-16H2,1-2H3,(H,38,39). The van der Waals surface area contributed by atoms with E-state index in [0.29, 0.717) is 40.0 Å². The van der Waals surface area contributed by atoms with Gasteiger partial charge in [-0.3, -0.25) is 4.90 Å². The average molecular weight is 604 g/mol. The van der Waals surface area contributed by atoms with Crippen LogP contribution in [0, 0.1) is 5.82 Å². The van der Waals surface area contributed by atoms with E-state index >= 15 is 0 Å². The first-order chi connectivity index (χ1) is 20.1. The lowest BCUT2D eigenvalue weighted by molar-refractivity contribution is -0.0489. The molecule has 1 saturated heterocycles. The second kappa shape index (κ2) is 12.5. The third-order valence-corrected chi connectivity index (χ3v) is 7.75. The Morgan fingerprint density at radius 3 is 2.52 bits per heavy atom. The summed E-state index contributed by atoms with van der Waals surface area (Å²) in [6.45, 7) is -1.11. The molecule has 5 rings (SSSR count). The van der Waals surface area contributed by atoms with Gasteiger partial charge in [0.05, 0.1) is 24.7 Å². The Hall–Kier alpha value is -3.96. The first-order valence-electron chi connectivity index (χ1n) is 13.3. The summed E-state index contributed by atoms with van der Waals surface area (Å²) in [6.07, 6.45) is 1.70. The Balaban J connectivity index is 1.27. The molecule has 3 aromatic carbocycles. The molecule has 222 valence electrons. The number of aromatic carboxylic acids is 1. The van der Waals surface area contributed by atoms with Crippen LogP contribution >= 0.6 is 11.6 Å². The van der Waals surface area contributed by atoms with Crippen LogP contribution in [-0.2, 0) is 20.2 Å². The van der Waals surface area contributed by atoms with Gasteiger partial charge >= 0.3 is 12.6 Å². The number of imidazole rings is 1. The molecule has 8 nitrogen and oxygen atoms in total. The molecule has 1 fully saturated rings. The number of likely N-dealkylation sites (tertiary alicyclic amines) is 1. The van der Waals surface area contributed by atoms with Crippen LogP contribution in [0.1, 0.15) is 46.1 Å². The number of aromatic nitrogens is 2. The summed E-state index contributed by atoms with van der Waals surface area (Å²) in [5, 5.41) is 9.73. The predicted molar refractivity (Wildman–Crippen MR) is 150 cm³/mol. The maximum atomic E-state index is 14.2. The molecular formula is C30H29ClF3N3O5. The fourth-order valence-corrected chi connectivity index (χ4v) is 5.39. The molecule has 1 aliphatic heterocycles. The lowest BCUT2D eigenvalue weighted by atomic mass is 9.89. The Morgan fingerprint density at radius 1 is 1.10 bits per heavy atom. The van der Waals surface area contributed by atoms with E-state index in [1.807, 2.05) is 18.2 Å². The van der Waals surface area contributed by atoms with Crippen LogP contribution in [0.3, 0.4) is 0 Å². The van der Waals surface area contributed by atoms with Gasteiger partial charge in [0.25, 0.3) is 0 Å². The van der Waals surface area contributed by atoms with E-state index in [2.05, 4.69) is 14.6 Å². The number of halogens is 4. The van der Waals surface area contributed by atoms with Gasteiger partial charge in [0, 0.05) is 17.6 Å². The van der Waals surface area contributed by atoms with Crippen LogP contribution in [0.2, 0.25) is 5.02 Å². The topological polar surface area (TPSA) is 86.0 Å². The minimum absolute atomic E-state index is 0.0251. The maximum Gasteiger partial charge on any atom is 0.387 e. The predicted octanol–water partition coefficient (Wildman–Crippen LogP) is 6.63. The lowest BCUT2D eigenvalue weighted by Crippen LogP contribution is -2.33. The number of nitrogens with zero attached hydrogens (tertiary/aromatic N) is 3. The monoisotopic (exact) mass is 603 g/mol. The Bertz CT molecular complexity index is 1610. The van der Waals surface area contributed by atoms with Gasteiger partial charge in [-0.15, -0.1) is 0 Å². The zero-order chi connectivity index (χ0) is 30.0. The van der Waals surface area contributed by atoms with E-state index in [-0.39, 0.29) is 29.4 Å². The number of carbonyl (C=O) groups is 1. The van der Waals surface area contributed by atoms with E-state index in [0.717, 1.165) is 37.6 Å². The van der Waals surface area contributed by atoms with Crippen molar-refractivity contribution >= 4 is 28.6 Å². The summed E-state index contributed by atoms with van der Waals surface area (Å²) in [5.74, 6) is -0.0127. The minimum atomic E-state index is -3.11. The van der Waals surface area contributed by atoms with Crippen LogP contribution in [0.4, 0.5) is 13.2 Å². The minimum Gasteiger partial charge on any atom is -0.493 e. The first-order valence-corrected chi connectivity index (χ1v) is 13.6. The second-order valence-corrected chi connectivity index (χ2v) is 10.5. The number of fused-ring (bicyclic) bond motifs is 1. The van der Waals surface area contributed by atoms with Gasteiger partial charge in [0.15, 0.2) is 17.2 Å².